The molecule has 16 heavy (non-hydrogen) atoms. The second kappa shape index (κ2) is 9.05. The summed E-state index contributed by atoms with van der Waals surface area (Å²) in [5.41, 5.74) is 1.01. The molecule has 0 spiro atoms. The molecule has 0 aliphatic carbocycles. The first kappa shape index (κ1) is 16.0. The number of ether oxygens (including phenoxy) is 2. The van der Waals surface area contributed by atoms with Gasteiger partial charge in [0.1, 0.15) is 11.5 Å². The van der Waals surface area contributed by atoms with Crippen molar-refractivity contribution >= 4 is 47.9 Å². The van der Waals surface area contributed by atoms with Gasteiger partial charge in [-0.3, -0.25) is 0 Å². The van der Waals surface area contributed by atoms with Crippen LogP contribution in [0.5, 0.6) is 11.5 Å². The average Bonchev–Trinajstić information content (AvgIpc) is 2.29. The Morgan fingerprint density at radius 3 is 2.12 bits per heavy atom. The quantitative estimate of drug-likeness (QED) is 0.459. The van der Waals surface area contributed by atoms with E-state index >= 15 is 0 Å². The van der Waals surface area contributed by atoms with Crippen molar-refractivity contribution in [1.29, 1.82) is 0 Å². The monoisotopic (exact) mass is 251 g/mol. The van der Waals surface area contributed by atoms with Gasteiger partial charge in [-0.15, -0.1) is 0 Å². The molecule has 1 aromatic rings. The van der Waals surface area contributed by atoms with Gasteiger partial charge in [0, 0.05) is 30.4 Å². The van der Waals surface area contributed by atoms with Crippen molar-refractivity contribution in [3.63, 3.8) is 0 Å². The Balaban J connectivity index is 0.00000225. The Morgan fingerprint density at radius 2 is 1.69 bits per heavy atom. The number of benzene rings is 1. The summed E-state index contributed by atoms with van der Waals surface area (Å²) < 4.78 is 10.3. The number of nitrogens with one attached hydrogen (secondary N) is 1. The van der Waals surface area contributed by atoms with Gasteiger partial charge in [0.25, 0.3) is 0 Å². The Labute approximate surface area is 125 Å². The van der Waals surface area contributed by atoms with E-state index in [-0.39, 0.29) is 29.6 Å². The maximum absolute atomic E-state index is 5.17. The van der Waals surface area contributed by atoms with Gasteiger partial charge in [0.2, 0.25) is 0 Å². The first-order chi connectivity index (χ1) is 7.30. The van der Waals surface area contributed by atoms with E-state index < -0.39 is 0 Å². The maximum atomic E-state index is 5.17. The molecule has 1 rings (SSSR count). The number of rotatable bonds is 6. The number of hydrogen-bond acceptors (Lipinski definition) is 4. The summed E-state index contributed by atoms with van der Waals surface area (Å²) in [7, 11) is 3.29. The van der Waals surface area contributed by atoms with E-state index in [2.05, 4.69) is 17.9 Å². The van der Waals surface area contributed by atoms with Gasteiger partial charge in [-0.2, -0.15) is 12.6 Å². The van der Waals surface area contributed by atoms with Crippen molar-refractivity contribution < 1.29 is 9.47 Å². The molecular formula is C11H18NNaO2S. The van der Waals surface area contributed by atoms with Gasteiger partial charge in [0.05, 0.1) is 14.2 Å². The molecule has 1 N–H and O–H groups in total. The molecule has 0 aromatic heterocycles. The second-order valence-corrected chi connectivity index (χ2v) is 3.55. The van der Waals surface area contributed by atoms with Gasteiger partial charge in [-0.05, 0) is 12.2 Å². The van der Waals surface area contributed by atoms with Gasteiger partial charge >= 0.3 is 29.6 Å². The van der Waals surface area contributed by atoms with Crippen molar-refractivity contribution in [1.82, 2.24) is 0 Å². The van der Waals surface area contributed by atoms with Crippen LogP contribution in [0.3, 0.4) is 0 Å². The van der Waals surface area contributed by atoms with Gasteiger partial charge in [0.15, 0.2) is 0 Å². The average molecular weight is 251 g/mol. The molecule has 0 aliphatic rings. The molecule has 3 nitrogen and oxygen atoms in total. The fourth-order valence-electron chi connectivity index (χ4n) is 1.22. The zero-order valence-corrected chi connectivity index (χ0v) is 10.0. The molecule has 0 amide bonds. The Hall–Kier alpha value is -0.0300. The van der Waals surface area contributed by atoms with Crippen molar-refractivity contribution in [2.45, 2.75) is 6.42 Å². The summed E-state index contributed by atoms with van der Waals surface area (Å²) in [6.45, 7) is 0.903. The van der Waals surface area contributed by atoms with Crippen LogP contribution in [-0.2, 0) is 0 Å². The van der Waals surface area contributed by atoms with E-state index in [9.17, 15) is 0 Å². The molecule has 0 saturated carbocycles. The molecule has 0 heterocycles. The molecule has 0 radical (unpaired) electrons. The molecule has 0 aliphatic heterocycles. The van der Waals surface area contributed by atoms with Crippen LogP contribution in [0.25, 0.3) is 0 Å². The summed E-state index contributed by atoms with van der Waals surface area (Å²) in [4.78, 5) is 0. The Bertz CT molecular complexity index is 288. The van der Waals surface area contributed by atoms with E-state index in [0.717, 1.165) is 35.9 Å². The summed E-state index contributed by atoms with van der Waals surface area (Å²) in [6, 6.07) is 5.74. The molecule has 1 aromatic carbocycles. The SMILES string of the molecule is COc1cc(NCCCS)cc(OC)c1.[NaH]. The van der Waals surface area contributed by atoms with E-state index in [1.54, 1.807) is 14.2 Å². The predicted octanol–water partition coefficient (Wildman–Crippen LogP) is 1.79. The molecular weight excluding hydrogens is 233 g/mol. The topological polar surface area (TPSA) is 30.5 Å². The fraction of sp³-hybridized carbons (Fsp3) is 0.455. The minimum absolute atomic E-state index is 0. The van der Waals surface area contributed by atoms with E-state index in [4.69, 9.17) is 9.47 Å². The van der Waals surface area contributed by atoms with Crippen molar-refractivity contribution in [3.8, 4) is 11.5 Å². The molecule has 5 heteroatoms. The zero-order valence-electron chi connectivity index (χ0n) is 9.12. The standard InChI is InChI=1S/C11H17NO2S.Na.H/c1-13-10-6-9(12-4-3-5-15)7-11(8-10)14-2;;/h6-8,12,15H,3-5H2,1-2H3;;. The van der Waals surface area contributed by atoms with E-state index in [1.807, 2.05) is 18.2 Å². The van der Waals surface area contributed by atoms with Gasteiger partial charge < -0.3 is 14.8 Å². The first-order valence-corrected chi connectivity index (χ1v) is 5.51. The fourth-order valence-corrected chi connectivity index (χ4v) is 1.38. The van der Waals surface area contributed by atoms with Gasteiger partial charge in [-0.1, -0.05) is 0 Å². The van der Waals surface area contributed by atoms with Crippen LogP contribution in [-0.4, -0.2) is 56.1 Å². The van der Waals surface area contributed by atoms with Crippen molar-refractivity contribution in [3.05, 3.63) is 18.2 Å². The number of methoxy groups -OCH3 is 2. The van der Waals surface area contributed by atoms with Crippen LogP contribution in [0.1, 0.15) is 6.42 Å². The summed E-state index contributed by atoms with van der Waals surface area (Å²) >= 11 is 4.16. The first-order valence-electron chi connectivity index (χ1n) is 4.88. The van der Waals surface area contributed by atoms with Gasteiger partial charge in [-0.25, -0.2) is 0 Å². The van der Waals surface area contributed by atoms with Crippen LogP contribution < -0.4 is 14.8 Å². The Morgan fingerprint density at radius 1 is 1.12 bits per heavy atom. The third-order valence-electron chi connectivity index (χ3n) is 2.02. The minimum atomic E-state index is 0. The van der Waals surface area contributed by atoms with E-state index in [1.165, 1.54) is 0 Å². The van der Waals surface area contributed by atoms with Crippen LogP contribution in [0.15, 0.2) is 18.2 Å². The number of anilines is 1. The van der Waals surface area contributed by atoms with E-state index in [0.29, 0.717) is 0 Å². The zero-order chi connectivity index (χ0) is 11.1. The summed E-state index contributed by atoms with van der Waals surface area (Å²) in [5.74, 6) is 2.47. The second-order valence-electron chi connectivity index (χ2n) is 3.11. The van der Waals surface area contributed by atoms with Crippen molar-refractivity contribution in [2.75, 3.05) is 31.8 Å². The van der Waals surface area contributed by atoms with Crippen LogP contribution in [0.4, 0.5) is 5.69 Å². The molecule has 0 saturated heterocycles. The number of thiol groups is 1. The third kappa shape index (κ3) is 5.34. The third-order valence-corrected chi connectivity index (χ3v) is 2.33. The van der Waals surface area contributed by atoms with Crippen LogP contribution >= 0.6 is 12.6 Å². The van der Waals surface area contributed by atoms with Crippen molar-refractivity contribution in [2.24, 2.45) is 0 Å². The number of hydrogen-bond donors (Lipinski definition) is 2. The summed E-state index contributed by atoms with van der Waals surface area (Å²) in [5, 5.41) is 3.29. The normalized spacial score (nSPS) is 9.19. The summed E-state index contributed by atoms with van der Waals surface area (Å²) in [6.07, 6.45) is 1.03. The van der Waals surface area contributed by atoms with Crippen LogP contribution in [0.2, 0.25) is 0 Å². The Kier molecular flexibility index (Phi) is 9.03. The molecule has 0 bridgehead atoms. The molecule has 0 fully saturated rings. The molecule has 86 valence electrons. The molecule has 0 unspecified atom stereocenters. The van der Waals surface area contributed by atoms with Crippen LogP contribution in [0, 0.1) is 0 Å². The molecule has 0 atom stereocenters. The predicted molar refractivity (Wildman–Crippen MR) is 73.7 cm³/mol.